The first kappa shape index (κ1) is 106. The van der Waals surface area contributed by atoms with Crippen molar-refractivity contribution in [1.29, 1.82) is 0 Å². The van der Waals surface area contributed by atoms with Gasteiger partial charge in [-0.3, -0.25) is 62.8 Å². The third-order valence-electron chi connectivity index (χ3n) is 16.2. The van der Waals surface area contributed by atoms with Crippen LogP contribution in [-0.2, 0) is 114 Å². The maximum atomic E-state index is 14.2. The average molecular weight is 1670 g/mol. The highest BCUT2D eigenvalue weighted by Crippen LogP contribution is 2.27. The number of hydrogen-bond donors (Lipinski definition) is 4. The molecule has 33 nitrogen and oxygen atoms in total. The van der Waals surface area contributed by atoms with E-state index in [2.05, 4.69) is 26.0 Å². The van der Waals surface area contributed by atoms with Gasteiger partial charge in [0.25, 0.3) is 0 Å². The van der Waals surface area contributed by atoms with Crippen molar-refractivity contribution in [3.63, 3.8) is 0 Å². The minimum atomic E-state index is -1.85. The highest BCUT2D eigenvalue weighted by molar-refractivity contribution is 5.87. The Bertz CT molecular complexity index is 2890. The number of halogens is 4. The molecule has 1 aliphatic heterocycles. The number of nitrogens with one attached hydrogen (secondary N) is 4. The van der Waals surface area contributed by atoms with Crippen LogP contribution in [-0.4, -0.2) is 345 Å². The number of benzene rings is 1. The number of carbonyl (C=O) groups excluding carboxylic acids is 9. The molecule has 1 unspecified atom stereocenters. The van der Waals surface area contributed by atoms with Gasteiger partial charge in [0.2, 0.25) is 41.0 Å². The lowest BCUT2D eigenvalue weighted by Crippen LogP contribution is -2.53. The van der Waals surface area contributed by atoms with Crippen molar-refractivity contribution in [2.24, 2.45) is 0 Å². The van der Waals surface area contributed by atoms with Crippen LogP contribution in [0.2, 0.25) is 0 Å². The van der Waals surface area contributed by atoms with Crippen LogP contribution in [0.25, 0.3) is 0 Å². The summed E-state index contributed by atoms with van der Waals surface area (Å²) in [7, 11) is 1.60. The molecule has 1 aromatic carbocycles. The molecule has 2 rings (SSSR count). The zero-order valence-corrected chi connectivity index (χ0v) is 71.1. The van der Waals surface area contributed by atoms with Crippen LogP contribution in [0.15, 0.2) is 6.07 Å². The third kappa shape index (κ3) is 56.9. The number of nitrogens with zero attached hydrogens (tertiary/aromatic N) is 4. The Morgan fingerprint density at radius 3 is 1.13 bits per heavy atom. The van der Waals surface area contributed by atoms with Crippen molar-refractivity contribution in [1.82, 2.24) is 40.9 Å². The fraction of sp³-hybridized carbons (Fsp3) is 0.810. The number of methoxy groups -OCH3 is 1. The van der Waals surface area contributed by atoms with E-state index in [0.29, 0.717) is 118 Å². The van der Waals surface area contributed by atoms with E-state index in [4.69, 9.17) is 71.1 Å². The van der Waals surface area contributed by atoms with Crippen molar-refractivity contribution in [3.05, 3.63) is 29.3 Å². The molecule has 1 aromatic rings. The number of amides is 4. The van der Waals surface area contributed by atoms with Gasteiger partial charge in [0.05, 0.1) is 158 Å². The summed E-state index contributed by atoms with van der Waals surface area (Å²) in [6, 6.07) is -1.83. The Morgan fingerprint density at radius 1 is 0.371 bits per heavy atom. The molecular weight excluding hydrogens is 1540 g/mol. The highest BCUT2D eigenvalue weighted by atomic mass is 19.2. The lowest BCUT2D eigenvalue weighted by atomic mass is 10.1. The zero-order chi connectivity index (χ0) is 86.2. The molecule has 0 spiro atoms. The average Bonchev–Trinajstić information content (AvgIpc) is 0.817. The van der Waals surface area contributed by atoms with Crippen molar-refractivity contribution < 1.29 is 137 Å². The summed E-state index contributed by atoms with van der Waals surface area (Å²) < 4.78 is 143. The summed E-state index contributed by atoms with van der Waals surface area (Å²) in [6.45, 7) is 30.8. The van der Waals surface area contributed by atoms with E-state index < -0.39 is 105 Å². The molecule has 0 aromatic heterocycles. The molecule has 0 aliphatic carbocycles. The second kappa shape index (κ2) is 60.9. The molecule has 2 atom stereocenters. The minimum absolute atomic E-state index is 0.0102. The van der Waals surface area contributed by atoms with Gasteiger partial charge in [0.15, 0.2) is 11.6 Å². The second-order valence-corrected chi connectivity index (χ2v) is 31.2. The molecule has 0 saturated carbocycles. The molecule has 116 heavy (non-hydrogen) atoms. The highest BCUT2D eigenvalue weighted by Gasteiger charge is 2.34. The first-order valence-corrected chi connectivity index (χ1v) is 40.1. The summed E-state index contributed by atoms with van der Waals surface area (Å²) in [5, 5.41) is 11.1. The van der Waals surface area contributed by atoms with Crippen LogP contribution >= 0.6 is 0 Å². The summed E-state index contributed by atoms with van der Waals surface area (Å²) in [5.74, 6) is -13.1. The molecule has 1 fully saturated rings. The lowest BCUT2D eigenvalue weighted by Gasteiger charge is -2.37. The SMILES string of the molecule is COCCOCCOCCOCCOCCOCCC(=O)N[C@H](CCCCNC(=O)CCCCC(=O)Oc1c(F)c(F)cc(F)c1F)C(=O)NCCOCCOCCOCCOCCOCCNC(=O)CCC(C(=O)OC(C)(C)C)N1CCN(CC(=O)OC(C)(C)C)CCN(CC(=O)OC(C)(C)C)CCN(CC(=O)OC(C)(C)C)CC1. The molecule has 4 amide bonds. The summed E-state index contributed by atoms with van der Waals surface area (Å²) >= 11 is 0. The first-order valence-electron chi connectivity index (χ1n) is 40.1. The Hall–Kier alpha value is -6.43. The maximum absolute atomic E-state index is 14.2. The fourth-order valence-corrected chi connectivity index (χ4v) is 10.8. The number of hydrogen-bond acceptors (Lipinski definition) is 29. The van der Waals surface area contributed by atoms with Crippen LogP contribution in [0.5, 0.6) is 5.75 Å². The van der Waals surface area contributed by atoms with Gasteiger partial charge in [0, 0.05) is 111 Å². The van der Waals surface area contributed by atoms with E-state index in [9.17, 15) is 60.7 Å². The zero-order valence-electron chi connectivity index (χ0n) is 71.1. The van der Waals surface area contributed by atoms with Gasteiger partial charge in [-0.05, 0) is 122 Å². The number of unbranched alkanes of at least 4 members (excludes halogenated alkanes) is 2. The van der Waals surface area contributed by atoms with Crippen LogP contribution in [0.3, 0.4) is 0 Å². The molecule has 0 bridgehead atoms. The smallest absolute Gasteiger partial charge is 0.323 e. The van der Waals surface area contributed by atoms with Gasteiger partial charge in [-0.25, -0.2) is 8.78 Å². The Morgan fingerprint density at radius 2 is 0.724 bits per heavy atom. The molecule has 4 N–H and O–H groups in total. The normalized spacial score (nSPS) is 14.5. The Labute approximate surface area is 682 Å². The summed E-state index contributed by atoms with van der Waals surface area (Å²) in [6.07, 6.45) is 0.962. The standard InChI is InChI=1S/C79H136F4N8O25/c1-76(2,3)113-68(96)57-88-27-29-89(58-69(97)114-77(4,5)6)31-33-91(34-32-90(30-28-88)59-70(98)115-78(7,8)9)63(75(100)116-79(10,11)12)21-22-65(93)85-25-36-103-41-44-107-49-52-111-53-50-108-45-42-104-37-26-86-74(99)62(87-66(94)23-35-102-40-43-106-48-51-110-55-54-109-47-46-105-39-38-101-13)18-16-17-24-84-64(92)19-14-15-20-67(95)112-73-71(82)60(80)56-61(81)72(73)83/h56,62-63H,14-55,57-59H2,1-13H3,(H,84,92)(H,85,93)(H,86,99)(H,87,94)/t62-,63?/m1/s1. The third-order valence-corrected chi connectivity index (χ3v) is 16.2. The van der Waals surface area contributed by atoms with Crippen LogP contribution < -0.4 is 26.0 Å². The number of carbonyl (C=O) groups is 9. The van der Waals surface area contributed by atoms with Crippen molar-refractivity contribution in [2.45, 2.75) is 182 Å². The fourth-order valence-electron chi connectivity index (χ4n) is 10.8. The van der Waals surface area contributed by atoms with E-state index in [1.165, 1.54) is 0 Å². The molecular formula is C79H136F4N8O25. The van der Waals surface area contributed by atoms with E-state index in [1.807, 2.05) is 19.6 Å². The maximum Gasteiger partial charge on any atom is 0.323 e. The predicted molar refractivity (Wildman–Crippen MR) is 417 cm³/mol. The molecule has 37 heteroatoms. The predicted octanol–water partition coefficient (Wildman–Crippen LogP) is 4.65. The molecule has 1 heterocycles. The van der Waals surface area contributed by atoms with Gasteiger partial charge >= 0.3 is 29.8 Å². The number of ether oxygens (including phenoxy) is 16. The van der Waals surface area contributed by atoms with Gasteiger partial charge in [0.1, 0.15) is 34.5 Å². The Kier molecular flexibility index (Phi) is 55.5. The number of rotatable bonds is 60. The van der Waals surface area contributed by atoms with Crippen molar-refractivity contribution >= 4 is 53.5 Å². The minimum Gasteiger partial charge on any atom is -0.459 e. The van der Waals surface area contributed by atoms with E-state index in [1.54, 1.807) is 90.2 Å². The van der Waals surface area contributed by atoms with Crippen molar-refractivity contribution in [3.8, 4) is 5.75 Å². The molecule has 1 aliphatic rings. The topological polar surface area (TPSA) is 362 Å². The molecule has 0 radical (unpaired) electrons. The summed E-state index contributed by atoms with van der Waals surface area (Å²) in [4.78, 5) is 126. The molecule has 1 saturated heterocycles. The van der Waals surface area contributed by atoms with E-state index >= 15 is 0 Å². The first-order chi connectivity index (χ1) is 54.9. The van der Waals surface area contributed by atoms with Crippen molar-refractivity contribution in [2.75, 3.05) is 237 Å². The monoisotopic (exact) mass is 1670 g/mol. The van der Waals surface area contributed by atoms with Gasteiger partial charge in [-0.2, -0.15) is 8.78 Å². The van der Waals surface area contributed by atoms with Gasteiger partial charge in [-0.1, -0.05) is 0 Å². The van der Waals surface area contributed by atoms with Crippen LogP contribution in [0.1, 0.15) is 147 Å². The van der Waals surface area contributed by atoms with Gasteiger partial charge in [-0.15, -0.1) is 0 Å². The quantitative estimate of drug-likeness (QED) is 0.0172. The second-order valence-electron chi connectivity index (χ2n) is 31.2. The van der Waals surface area contributed by atoms with Crippen LogP contribution in [0.4, 0.5) is 17.6 Å². The summed E-state index contributed by atoms with van der Waals surface area (Å²) in [5.41, 5.74) is -3.06. The lowest BCUT2D eigenvalue weighted by molar-refractivity contribution is -0.163. The van der Waals surface area contributed by atoms with Crippen LogP contribution in [0, 0.1) is 23.3 Å². The van der Waals surface area contributed by atoms with E-state index in [-0.39, 0.29) is 194 Å². The largest absolute Gasteiger partial charge is 0.459 e. The van der Waals surface area contributed by atoms with Gasteiger partial charge < -0.3 is 97.1 Å². The Balaban J connectivity index is 1.80. The number of esters is 5. The molecule has 670 valence electrons. The van der Waals surface area contributed by atoms with E-state index in [0.717, 1.165) is 0 Å².